The van der Waals surface area contributed by atoms with Crippen molar-refractivity contribution in [3.8, 4) is 5.75 Å². The Balaban J connectivity index is 2.29. The highest BCUT2D eigenvalue weighted by Crippen LogP contribution is 2.32. The Morgan fingerprint density at radius 3 is 1.97 bits per heavy atom. The fourth-order valence-corrected chi connectivity index (χ4v) is 3.59. The van der Waals surface area contributed by atoms with Gasteiger partial charge in [0.2, 0.25) is 0 Å². The summed E-state index contributed by atoms with van der Waals surface area (Å²) < 4.78 is 31.9. The molecule has 10 nitrogen and oxygen atoms in total. The third-order valence-corrected chi connectivity index (χ3v) is 4.94. The standard InChI is InChI=1S/C20H23BrO10/c1-10(22)27-9-15-16(28-11(2)23)17(29-12(3)24)18(19(21)30-15)31-20(25)13-5-7-14(26-4)8-6-13/h5-8,15-19H,9H2,1-4H3/t15-,16+,17+,18-,19+/m1/s1. The molecule has 0 spiro atoms. The Hall–Kier alpha value is -2.66. The molecule has 31 heavy (non-hydrogen) atoms. The molecule has 2 rings (SSSR count). The quantitative estimate of drug-likeness (QED) is 0.309. The Morgan fingerprint density at radius 1 is 0.871 bits per heavy atom. The average Bonchev–Trinajstić information content (AvgIpc) is 2.70. The minimum Gasteiger partial charge on any atom is -0.497 e. The SMILES string of the molecule is COc1ccc(C(=O)O[C@@H]2[C@@H](OC(C)=O)[C@@H](OC(C)=O)[C@@H](COC(C)=O)O[C@@H]2Br)cc1. The highest BCUT2D eigenvalue weighted by atomic mass is 79.9. The maximum atomic E-state index is 12.7. The zero-order valence-electron chi connectivity index (χ0n) is 17.4. The van der Waals surface area contributed by atoms with Crippen molar-refractivity contribution >= 4 is 39.8 Å². The van der Waals surface area contributed by atoms with Gasteiger partial charge in [0, 0.05) is 20.8 Å². The van der Waals surface area contributed by atoms with Crippen LogP contribution in [0.5, 0.6) is 5.75 Å². The molecule has 1 fully saturated rings. The number of hydrogen-bond acceptors (Lipinski definition) is 10. The molecule has 0 aromatic heterocycles. The molecule has 0 saturated carbocycles. The molecule has 1 aromatic rings. The molecule has 1 saturated heterocycles. The lowest BCUT2D eigenvalue weighted by Crippen LogP contribution is -2.61. The van der Waals surface area contributed by atoms with Crippen LogP contribution in [0.25, 0.3) is 0 Å². The minimum atomic E-state index is -1.22. The number of rotatable bonds is 7. The van der Waals surface area contributed by atoms with Crippen molar-refractivity contribution in [1.29, 1.82) is 0 Å². The van der Waals surface area contributed by atoms with Gasteiger partial charge in [0.25, 0.3) is 0 Å². The van der Waals surface area contributed by atoms with Crippen molar-refractivity contribution in [2.75, 3.05) is 13.7 Å². The number of esters is 4. The number of hydrogen-bond donors (Lipinski definition) is 0. The van der Waals surface area contributed by atoms with Crippen LogP contribution < -0.4 is 4.74 Å². The van der Waals surface area contributed by atoms with E-state index in [9.17, 15) is 19.2 Å². The van der Waals surface area contributed by atoms with Crippen molar-refractivity contribution in [2.24, 2.45) is 0 Å². The summed E-state index contributed by atoms with van der Waals surface area (Å²) in [6.45, 7) is 3.25. The summed E-state index contributed by atoms with van der Waals surface area (Å²) in [5, 5.41) is -0.952. The van der Waals surface area contributed by atoms with E-state index in [1.807, 2.05) is 0 Å². The van der Waals surface area contributed by atoms with Crippen LogP contribution in [0.3, 0.4) is 0 Å². The van der Waals surface area contributed by atoms with E-state index in [0.29, 0.717) is 5.75 Å². The first-order valence-electron chi connectivity index (χ1n) is 9.24. The second-order valence-corrected chi connectivity index (χ2v) is 7.48. The largest absolute Gasteiger partial charge is 0.497 e. The Morgan fingerprint density at radius 2 is 1.45 bits per heavy atom. The lowest BCUT2D eigenvalue weighted by Gasteiger charge is -2.42. The first kappa shape index (κ1) is 24.6. The predicted molar refractivity (Wildman–Crippen MR) is 108 cm³/mol. The van der Waals surface area contributed by atoms with Crippen molar-refractivity contribution in [2.45, 2.75) is 50.2 Å². The molecule has 170 valence electrons. The summed E-state index contributed by atoms with van der Waals surface area (Å²) in [5.74, 6) is -2.13. The molecule has 0 aliphatic carbocycles. The van der Waals surface area contributed by atoms with E-state index in [0.717, 1.165) is 13.8 Å². The summed E-state index contributed by atoms with van der Waals surface area (Å²) in [5.41, 5.74) is 0.216. The van der Waals surface area contributed by atoms with Crippen LogP contribution in [0.15, 0.2) is 24.3 Å². The highest BCUT2D eigenvalue weighted by molar-refractivity contribution is 9.09. The minimum absolute atomic E-state index is 0.216. The summed E-state index contributed by atoms with van der Waals surface area (Å²) >= 11 is 3.26. The van der Waals surface area contributed by atoms with Crippen LogP contribution in [0.2, 0.25) is 0 Å². The maximum Gasteiger partial charge on any atom is 0.338 e. The van der Waals surface area contributed by atoms with Gasteiger partial charge in [-0.05, 0) is 24.3 Å². The van der Waals surface area contributed by atoms with Gasteiger partial charge >= 0.3 is 23.9 Å². The number of ether oxygens (including phenoxy) is 6. The summed E-state index contributed by atoms with van der Waals surface area (Å²) in [6.07, 6.45) is -4.56. The number of benzene rings is 1. The zero-order chi connectivity index (χ0) is 23.1. The first-order valence-corrected chi connectivity index (χ1v) is 10.2. The van der Waals surface area contributed by atoms with Crippen LogP contribution in [0, 0.1) is 0 Å². The van der Waals surface area contributed by atoms with Gasteiger partial charge in [-0.3, -0.25) is 14.4 Å². The molecule has 1 aliphatic heterocycles. The third kappa shape index (κ3) is 6.93. The molecule has 0 N–H and O–H groups in total. The van der Waals surface area contributed by atoms with Gasteiger partial charge in [-0.2, -0.15) is 0 Å². The van der Waals surface area contributed by atoms with Crippen molar-refractivity contribution in [1.82, 2.24) is 0 Å². The van der Waals surface area contributed by atoms with Crippen LogP contribution in [0.1, 0.15) is 31.1 Å². The Labute approximate surface area is 187 Å². The van der Waals surface area contributed by atoms with E-state index in [1.165, 1.54) is 26.2 Å². The van der Waals surface area contributed by atoms with Gasteiger partial charge in [-0.1, -0.05) is 15.9 Å². The van der Waals surface area contributed by atoms with Crippen LogP contribution >= 0.6 is 15.9 Å². The fraction of sp³-hybridized carbons (Fsp3) is 0.500. The molecule has 0 bridgehead atoms. The number of carbonyl (C=O) groups is 4. The predicted octanol–water partition coefficient (Wildman–Crippen LogP) is 1.77. The van der Waals surface area contributed by atoms with E-state index in [1.54, 1.807) is 12.1 Å². The zero-order valence-corrected chi connectivity index (χ0v) is 18.9. The summed E-state index contributed by atoms with van der Waals surface area (Å²) in [7, 11) is 1.49. The topological polar surface area (TPSA) is 124 Å². The van der Waals surface area contributed by atoms with Crippen molar-refractivity contribution in [3.05, 3.63) is 29.8 Å². The molecule has 0 amide bonds. The van der Waals surface area contributed by atoms with E-state index in [2.05, 4.69) is 15.9 Å². The van der Waals surface area contributed by atoms with Crippen LogP contribution in [-0.4, -0.2) is 67.0 Å². The second-order valence-electron chi connectivity index (χ2n) is 6.57. The fourth-order valence-electron chi connectivity index (χ4n) is 2.90. The lowest BCUT2D eigenvalue weighted by atomic mass is 9.99. The van der Waals surface area contributed by atoms with Gasteiger partial charge in [-0.15, -0.1) is 0 Å². The molecular weight excluding hydrogens is 480 g/mol. The molecule has 1 aromatic carbocycles. The van der Waals surface area contributed by atoms with Gasteiger partial charge in [-0.25, -0.2) is 4.79 Å². The lowest BCUT2D eigenvalue weighted by molar-refractivity contribution is -0.230. The van der Waals surface area contributed by atoms with E-state index >= 15 is 0 Å². The first-order chi connectivity index (χ1) is 14.6. The molecule has 1 heterocycles. The van der Waals surface area contributed by atoms with Gasteiger partial charge in [0.15, 0.2) is 23.3 Å². The van der Waals surface area contributed by atoms with Crippen LogP contribution in [0.4, 0.5) is 0 Å². The molecular formula is C20H23BrO10. The maximum absolute atomic E-state index is 12.7. The van der Waals surface area contributed by atoms with Crippen molar-refractivity contribution in [3.63, 3.8) is 0 Å². The molecule has 1 aliphatic rings. The van der Waals surface area contributed by atoms with Crippen LogP contribution in [-0.2, 0) is 38.1 Å². The number of methoxy groups -OCH3 is 1. The molecule has 5 atom stereocenters. The van der Waals surface area contributed by atoms with Gasteiger partial charge in [0.1, 0.15) is 18.5 Å². The van der Waals surface area contributed by atoms with Gasteiger partial charge < -0.3 is 28.4 Å². The molecule has 0 radical (unpaired) electrons. The van der Waals surface area contributed by atoms with E-state index in [4.69, 9.17) is 28.4 Å². The third-order valence-electron chi connectivity index (χ3n) is 4.20. The molecule has 0 unspecified atom stereocenters. The Bertz CT molecular complexity index is 809. The summed E-state index contributed by atoms with van der Waals surface area (Å²) in [4.78, 5) is 47.3. The average molecular weight is 503 g/mol. The molecule has 11 heteroatoms. The van der Waals surface area contributed by atoms with Gasteiger partial charge in [0.05, 0.1) is 12.7 Å². The Kier molecular flexibility index (Phi) is 8.81. The van der Waals surface area contributed by atoms with E-state index < -0.39 is 53.3 Å². The smallest absolute Gasteiger partial charge is 0.338 e. The number of alkyl halides is 1. The normalized spacial score (nSPS) is 25.1. The second kappa shape index (κ2) is 11.1. The van der Waals surface area contributed by atoms with E-state index in [-0.39, 0.29) is 12.2 Å². The monoisotopic (exact) mass is 502 g/mol. The summed E-state index contributed by atoms with van der Waals surface area (Å²) in [6, 6.07) is 6.17. The highest BCUT2D eigenvalue weighted by Gasteiger charge is 2.51. The number of halogens is 1. The number of carbonyl (C=O) groups excluding carboxylic acids is 4. The van der Waals surface area contributed by atoms with Crippen molar-refractivity contribution < 1.29 is 47.6 Å².